The number of carbonyl (C=O) groups excluding carboxylic acids is 1. The molecule has 0 radical (unpaired) electrons. The zero-order valence-corrected chi connectivity index (χ0v) is 13.1. The average Bonchev–Trinajstić information content (AvgIpc) is 2.98. The number of halogens is 1. The molecule has 24 heavy (non-hydrogen) atoms. The highest BCUT2D eigenvalue weighted by Gasteiger charge is 2.10. The number of carbonyl (C=O) groups is 1. The highest BCUT2D eigenvalue weighted by Crippen LogP contribution is 2.22. The molecule has 0 unspecified atom stereocenters. The third kappa shape index (κ3) is 2.66. The van der Waals surface area contributed by atoms with Gasteiger partial charge in [-0.15, -0.1) is 0 Å². The van der Waals surface area contributed by atoms with E-state index in [-0.39, 0.29) is 5.91 Å². The van der Waals surface area contributed by atoms with Gasteiger partial charge in [0, 0.05) is 33.1 Å². The lowest BCUT2D eigenvalue weighted by Crippen LogP contribution is -2.12. The highest BCUT2D eigenvalue weighted by atomic mass is 35.5. The van der Waals surface area contributed by atoms with Gasteiger partial charge in [0.25, 0.3) is 5.91 Å². The van der Waals surface area contributed by atoms with Gasteiger partial charge < -0.3 is 14.7 Å². The predicted octanol–water partition coefficient (Wildman–Crippen LogP) is 4.18. The summed E-state index contributed by atoms with van der Waals surface area (Å²) in [5, 5.41) is 5.06. The molecule has 0 aliphatic carbocycles. The Labute approximate surface area is 140 Å². The number of rotatable bonds is 2. The van der Waals surface area contributed by atoms with Gasteiger partial charge in [-0.3, -0.25) is 4.79 Å². The number of amides is 1. The lowest BCUT2D eigenvalue weighted by Gasteiger charge is -2.04. The SMILES string of the molecule is O=C(Nc1ccc2oc(=O)ccc2c1)c1cc2ccc(Cl)cc2[nH]1. The van der Waals surface area contributed by atoms with E-state index >= 15 is 0 Å². The minimum absolute atomic E-state index is 0.265. The molecule has 0 saturated carbocycles. The summed E-state index contributed by atoms with van der Waals surface area (Å²) >= 11 is 5.95. The minimum atomic E-state index is -0.406. The fourth-order valence-corrected chi connectivity index (χ4v) is 2.74. The predicted molar refractivity (Wildman–Crippen MR) is 93.7 cm³/mol. The van der Waals surface area contributed by atoms with Gasteiger partial charge in [0.1, 0.15) is 11.3 Å². The standard InChI is InChI=1S/C18H11ClN2O3/c19-12-3-1-10-8-15(21-14(10)9-12)18(23)20-13-4-5-16-11(7-13)2-6-17(22)24-16/h1-9,21H,(H,20,23). The fraction of sp³-hybridized carbons (Fsp3) is 0. The molecule has 118 valence electrons. The van der Waals surface area contributed by atoms with E-state index in [1.54, 1.807) is 42.5 Å². The maximum absolute atomic E-state index is 12.4. The average molecular weight is 339 g/mol. The van der Waals surface area contributed by atoms with E-state index in [2.05, 4.69) is 10.3 Å². The fourth-order valence-electron chi connectivity index (χ4n) is 2.57. The van der Waals surface area contributed by atoms with Crippen LogP contribution >= 0.6 is 11.6 Å². The van der Waals surface area contributed by atoms with Gasteiger partial charge in [-0.2, -0.15) is 0 Å². The van der Waals surface area contributed by atoms with E-state index in [1.807, 2.05) is 6.07 Å². The summed E-state index contributed by atoms with van der Waals surface area (Å²) in [4.78, 5) is 26.6. The molecule has 0 saturated heterocycles. The van der Waals surface area contributed by atoms with Gasteiger partial charge in [-0.05, 0) is 42.5 Å². The van der Waals surface area contributed by atoms with Crippen molar-refractivity contribution in [3.8, 4) is 0 Å². The van der Waals surface area contributed by atoms with Gasteiger partial charge in [-0.25, -0.2) is 4.79 Å². The normalized spacial score (nSPS) is 11.0. The second-order valence-electron chi connectivity index (χ2n) is 5.38. The number of benzene rings is 2. The molecule has 2 aromatic carbocycles. The van der Waals surface area contributed by atoms with Gasteiger partial charge in [0.05, 0.1) is 0 Å². The minimum Gasteiger partial charge on any atom is -0.423 e. The van der Waals surface area contributed by atoms with Gasteiger partial charge in [0.15, 0.2) is 0 Å². The van der Waals surface area contributed by atoms with E-state index < -0.39 is 5.63 Å². The van der Waals surface area contributed by atoms with Crippen LogP contribution in [-0.4, -0.2) is 10.9 Å². The maximum atomic E-state index is 12.4. The summed E-state index contributed by atoms with van der Waals surface area (Å²) in [7, 11) is 0. The van der Waals surface area contributed by atoms with Crippen LogP contribution in [0.25, 0.3) is 21.9 Å². The summed E-state index contributed by atoms with van der Waals surface area (Å²) in [6.07, 6.45) is 0. The maximum Gasteiger partial charge on any atom is 0.336 e. The first-order valence-electron chi connectivity index (χ1n) is 7.22. The first-order chi connectivity index (χ1) is 11.6. The van der Waals surface area contributed by atoms with Crippen molar-refractivity contribution in [2.75, 3.05) is 5.32 Å². The molecule has 2 aromatic heterocycles. The monoisotopic (exact) mass is 338 g/mol. The van der Waals surface area contributed by atoms with Crippen LogP contribution in [0.4, 0.5) is 5.69 Å². The quantitative estimate of drug-likeness (QED) is 0.538. The Morgan fingerprint density at radius 2 is 1.83 bits per heavy atom. The second-order valence-corrected chi connectivity index (χ2v) is 5.81. The summed E-state index contributed by atoms with van der Waals surface area (Å²) in [5.74, 6) is -0.265. The van der Waals surface area contributed by atoms with E-state index in [9.17, 15) is 9.59 Å². The second kappa shape index (κ2) is 5.54. The molecule has 4 rings (SSSR count). The van der Waals surface area contributed by atoms with Crippen LogP contribution in [0.3, 0.4) is 0 Å². The summed E-state index contributed by atoms with van der Waals surface area (Å²) in [6, 6.07) is 15.2. The lowest BCUT2D eigenvalue weighted by atomic mass is 10.2. The topological polar surface area (TPSA) is 75.1 Å². The third-order valence-electron chi connectivity index (χ3n) is 3.71. The molecule has 4 aromatic rings. The van der Waals surface area contributed by atoms with Crippen molar-refractivity contribution in [1.82, 2.24) is 4.98 Å². The van der Waals surface area contributed by atoms with Crippen molar-refractivity contribution >= 4 is 45.1 Å². The summed E-state index contributed by atoms with van der Waals surface area (Å²) in [6.45, 7) is 0. The van der Waals surface area contributed by atoms with Crippen LogP contribution in [0, 0.1) is 0 Å². The van der Waals surface area contributed by atoms with Gasteiger partial charge in [0.2, 0.25) is 0 Å². The first kappa shape index (κ1) is 14.5. The molecule has 0 spiro atoms. The molecule has 0 bridgehead atoms. The number of anilines is 1. The number of nitrogens with one attached hydrogen (secondary N) is 2. The van der Waals surface area contributed by atoms with Crippen LogP contribution in [0.2, 0.25) is 5.02 Å². The van der Waals surface area contributed by atoms with Crippen LogP contribution in [0.15, 0.2) is 63.8 Å². The molecule has 6 heteroatoms. The van der Waals surface area contributed by atoms with Crippen molar-refractivity contribution in [3.63, 3.8) is 0 Å². The Morgan fingerprint density at radius 3 is 2.71 bits per heavy atom. The Morgan fingerprint density at radius 1 is 1.00 bits per heavy atom. The number of hydrogen-bond acceptors (Lipinski definition) is 3. The van der Waals surface area contributed by atoms with Crippen molar-refractivity contribution in [1.29, 1.82) is 0 Å². The van der Waals surface area contributed by atoms with Crippen LogP contribution in [-0.2, 0) is 0 Å². The van der Waals surface area contributed by atoms with Crippen LogP contribution < -0.4 is 10.9 Å². The Kier molecular flexibility index (Phi) is 3.36. The van der Waals surface area contributed by atoms with Crippen molar-refractivity contribution in [2.24, 2.45) is 0 Å². The number of aromatic nitrogens is 1. The molecular formula is C18H11ClN2O3. The molecule has 2 N–H and O–H groups in total. The van der Waals surface area contributed by atoms with Crippen molar-refractivity contribution in [2.45, 2.75) is 0 Å². The lowest BCUT2D eigenvalue weighted by molar-refractivity contribution is 0.102. The summed E-state index contributed by atoms with van der Waals surface area (Å²) in [5.41, 5.74) is 1.91. The highest BCUT2D eigenvalue weighted by molar-refractivity contribution is 6.31. The number of aromatic amines is 1. The molecular weight excluding hydrogens is 328 g/mol. The molecule has 0 aliphatic rings. The Bertz CT molecular complexity index is 1140. The van der Waals surface area contributed by atoms with E-state index in [4.69, 9.17) is 16.0 Å². The Balaban J connectivity index is 1.64. The molecule has 5 nitrogen and oxygen atoms in total. The smallest absolute Gasteiger partial charge is 0.336 e. The molecule has 0 atom stereocenters. The van der Waals surface area contributed by atoms with Crippen molar-refractivity contribution < 1.29 is 9.21 Å². The van der Waals surface area contributed by atoms with Gasteiger partial charge in [-0.1, -0.05) is 17.7 Å². The zero-order chi connectivity index (χ0) is 16.7. The number of fused-ring (bicyclic) bond motifs is 2. The van der Waals surface area contributed by atoms with Crippen molar-refractivity contribution in [3.05, 3.63) is 75.7 Å². The molecule has 0 fully saturated rings. The van der Waals surface area contributed by atoms with Crippen LogP contribution in [0.5, 0.6) is 0 Å². The third-order valence-corrected chi connectivity index (χ3v) is 3.94. The largest absolute Gasteiger partial charge is 0.423 e. The molecule has 0 aliphatic heterocycles. The first-order valence-corrected chi connectivity index (χ1v) is 7.60. The van der Waals surface area contributed by atoms with Gasteiger partial charge >= 0.3 is 5.63 Å². The zero-order valence-electron chi connectivity index (χ0n) is 12.3. The van der Waals surface area contributed by atoms with E-state index in [0.29, 0.717) is 22.0 Å². The van der Waals surface area contributed by atoms with E-state index in [0.717, 1.165) is 16.3 Å². The molecule has 1 amide bonds. The number of H-pyrrole nitrogens is 1. The Hall–Kier alpha value is -3.05. The molecule has 2 heterocycles. The van der Waals surface area contributed by atoms with Crippen LogP contribution in [0.1, 0.15) is 10.5 Å². The van der Waals surface area contributed by atoms with E-state index in [1.165, 1.54) is 6.07 Å². The number of hydrogen-bond donors (Lipinski definition) is 2. The summed E-state index contributed by atoms with van der Waals surface area (Å²) < 4.78 is 5.07.